The van der Waals surface area contributed by atoms with Crippen molar-refractivity contribution in [1.29, 1.82) is 0 Å². The van der Waals surface area contributed by atoms with Crippen molar-refractivity contribution in [2.75, 3.05) is 47.5 Å². The standard InChI is InChI=1S/C14H32NO3Si.C2F6NO4S2/c1-5-6-10-15(11-8-7-9-12-15)13-14-19(16-2,17-3)18-4;3-1(4,5)14(10,11)9-15(12,13)2(6,7)8/h5-14H2,1-4H3;/q+1;-1. The van der Waals surface area contributed by atoms with Gasteiger partial charge >= 0.3 is 19.8 Å². The predicted molar refractivity (Wildman–Crippen MR) is 113 cm³/mol. The monoisotopic (exact) mass is 570 g/mol. The molecule has 0 aliphatic carbocycles. The molecule has 18 heteroatoms. The smallest absolute Gasteiger partial charge is 0.421 e. The summed E-state index contributed by atoms with van der Waals surface area (Å²) in [6.07, 6.45) is 6.73. The van der Waals surface area contributed by atoms with Crippen molar-refractivity contribution >= 4 is 28.9 Å². The van der Waals surface area contributed by atoms with Gasteiger partial charge in [-0.25, -0.2) is 16.8 Å². The molecule has 0 aromatic rings. The van der Waals surface area contributed by atoms with Gasteiger partial charge in [-0.15, -0.1) is 0 Å². The van der Waals surface area contributed by atoms with Crippen molar-refractivity contribution in [2.24, 2.45) is 0 Å². The van der Waals surface area contributed by atoms with Crippen molar-refractivity contribution in [3.63, 3.8) is 0 Å². The number of rotatable bonds is 11. The summed E-state index contributed by atoms with van der Waals surface area (Å²) in [6, 6.07) is 0.931. The number of quaternary nitrogens is 1. The number of piperidine rings is 1. The molecule has 1 rings (SSSR count). The maximum absolute atomic E-state index is 11.4. The number of alkyl halides is 6. The van der Waals surface area contributed by atoms with E-state index in [1.165, 1.54) is 56.2 Å². The van der Waals surface area contributed by atoms with Gasteiger partial charge in [0, 0.05) is 21.3 Å². The minimum Gasteiger partial charge on any atom is -0.421 e. The molecule has 0 bridgehead atoms. The Kier molecular flexibility index (Phi) is 13.0. The first-order valence-corrected chi connectivity index (χ1v) is 15.0. The lowest BCUT2D eigenvalue weighted by molar-refractivity contribution is -0.931. The second kappa shape index (κ2) is 13.2. The molecule has 0 spiro atoms. The van der Waals surface area contributed by atoms with Gasteiger partial charge in [-0.1, -0.05) is 13.3 Å². The van der Waals surface area contributed by atoms with E-state index in [1.54, 1.807) is 21.3 Å². The first kappa shape index (κ1) is 33.5. The van der Waals surface area contributed by atoms with E-state index >= 15 is 0 Å². The van der Waals surface area contributed by atoms with Gasteiger partial charge in [0.15, 0.2) is 20.0 Å². The van der Waals surface area contributed by atoms with Gasteiger partial charge in [0.25, 0.3) is 0 Å². The molecular weight excluding hydrogens is 538 g/mol. The third-order valence-electron chi connectivity index (χ3n) is 5.36. The topological polar surface area (TPSA) is 110 Å². The van der Waals surface area contributed by atoms with E-state index in [1.807, 2.05) is 0 Å². The van der Waals surface area contributed by atoms with E-state index in [0.717, 1.165) is 16.7 Å². The molecule has 1 fully saturated rings. The third kappa shape index (κ3) is 9.86. The van der Waals surface area contributed by atoms with E-state index in [2.05, 4.69) is 6.92 Å². The van der Waals surface area contributed by atoms with Gasteiger partial charge in [-0.2, -0.15) is 26.3 Å². The summed E-state index contributed by atoms with van der Waals surface area (Å²) in [4.78, 5) is 0. The van der Waals surface area contributed by atoms with E-state index in [-0.39, 0.29) is 0 Å². The Hall–Kier alpha value is -0.503. The lowest BCUT2D eigenvalue weighted by Crippen LogP contribution is -2.56. The Morgan fingerprint density at radius 1 is 0.794 bits per heavy atom. The Bertz CT molecular complexity index is 762. The number of likely N-dealkylation sites (tertiary alicyclic amines) is 1. The van der Waals surface area contributed by atoms with E-state index in [9.17, 15) is 43.2 Å². The quantitative estimate of drug-likeness (QED) is 0.212. The van der Waals surface area contributed by atoms with Crippen LogP contribution in [0.3, 0.4) is 0 Å². The third-order valence-corrected chi connectivity index (χ3v) is 10.8. The predicted octanol–water partition coefficient (Wildman–Crippen LogP) is 3.72. The maximum Gasteiger partial charge on any atom is 0.505 e. The molecule has 1 aliphatic rings. The van der Waals surface area contributed by atoms with Gasteiger partial charge in [-0.05, 0) is 25.7 Å². The highest BCUT2D eigenvalue weighted by Gasteiger charge is 2.47. The lowest BCUT2D eigenvalue weighted by Gasteiger charge is -2.43. The van der Waals surface area contributed by atoms with Gasteiger partial charge in [0.1, 0.15) is 0 Å². The number of halogens is 6. The summed E-state index contributed by atoms with van der Waals surface area (Å²) in [7, 11) is -10.7. The molecule has 1 saturated heterocycles. The van der Waals surface area contributed by atoms with Gasteiger partial charge < -0.3 is 21.9 Å². The Morgan fingerprint density at radius 3 is 1.53 bits per heavy atom. The zero-order valence-corrected chi connectivity index (χ0v) is 22.0. The fraction of sp³-hybridized carbons (Fsp3) is 1.00. The molecule has 0 N–H and O–H groups in total. The van der Waals surface area contributed by atoms with Crippen LogP contribution in [-0.2, 0) is 33.3 Å². The summed E-state index contributed by atoms with van der Waals surface area (Å²) in [5, 5.41) is 0. The number of hydrogen-bond donors (Lipinski definition) is 0. The molecule has 0 unspecified atom stereocenters. The van der Waals surface area contributed by atoms with E-state index in [4.69, 9.17) is 13.3 Å². The highest BCUT2D eigenvalue weighted by molar-refractivity contribution is 8.13. The van der Waals surface area contributed by atoms with Crippen LogP contribution in [0.1, 0.15) is 39.0 Å². The molecule has 0 saturated carbocycles. The molecule has 0 atom stereocenters. The minimum atomic E-state index is -6.72. The zero-order valence-electron chi connectivity index (χ0n) is 19.4. The Labute approximate surface area is 197 Å². The number of sulfonamides is 2. The second-order valence-electron chi connectivity index (χ2n) is 7.61. The fourth-order valence-corrected chi connectivity index (χ4v) is 6.95. The molecule has 1 aliphatic heterocycles. The molecule has 0 aromatic carbocycles. The molecular formula is C16H32F6N2O7S2Si. The average molecular weight is 571 g/mol. The number of unbranched alkanes of at least 4 members (excludes halogenated alkanes) is 1. The maximum atomic E-state index is 11.4. The first-order valence-electron chi connectivity index (χ1n) is 10.2. The van der Waals surface area contributed by atoms with Crippen LogP contribution in [0.2, 0.25) is 6.04 Å². The van der Waals surface area contributed by atoms with Crippen LogP contribution in [-0.4, -0.2) is 88.6 Å². The Morgan fingerprint density at radius 2 is 1.21 bits per heavy atom. The van der Waals surface area contributed by atoms with Crippen LogP contribution >= 0.6 is 0 Å². The van der Waals surface area contributed by atoms with Gasteiger partial charge in [-0.3, -0.25) is 0 Å². The Balaban J connectivity index is 0.000000661. The molecule has 0 amide bonds. The molecule has 1 heterocycles. The van der Waals surface area contributed by atoms with Gasteiger partial charge in [0.05, 0.1) is 32.2 Å². The van der Waals surface area contributed by atoms with Crippen LogP contribution in [0.4, 0.5) is 26.3 Å². The molecule has 34 heavy (non-hydrogen) atoms. The lowest BCUT2D eigenvalue weighted by atomic mass is 10.1. The summed E-state index contributed by atoms with van der Waals surface area (Å²) >= 11 is 0. The van der Waals surface area contributed by atoms with Crippen LogP contribution in [0.15, 0.2) is 0 Å². The summed E-state index contributed by atoms with van der Waals surface area (Å²) in [5.74, 6) is 0. The molecule has 206 valence electrons. The average Bonchev–Trinajstić information content (AvgIpc) is 2.73. The highest BCUT2D eigenvalue weighted by Crippen LogP contribution is 2.36. The first-order chi connectivity index (χ1) is 15.4. The number of hydrogen-bond acceptors (Lipinski definition) is 7. The van der Waals surface area contributed by atoms with Gasteiger partial charge in [0.2, 0.25) is 0 Å². The van der Waals surface area contributed by atoms with Crippen molar-refractivity contribution in [3.05, 3.63) is 4.13 Å². The minimum absolute atomic E-state index is 0.778. The van der Waals surface area contributed by atoms with E-state index < -0.39 is 39.9 Å². The second-order valence-corrected chi connectivity index (χ2v) is 14.1. The number of nitrogens with zero attached hydrogens (tertiary/aromatic N) is 2. The zero-order chi connectivity index (χ0) is 26.9. The molecule has 9 nitrogen and oxygen atoms in total. The molecule has 0 aromatic heterocycles. The SMILES string of the molecule is CCCC[N+]1(CC[Si](OC)(OC)OC)CCCCC1.O=S(=O)([N-]S(=O)(=O)C(F)(F)F)C(F)(F)F. The van der Waals surface area contributed by atoms with Crippen LogP contribution in [0, 0.1) is 0 Å². The summed E-state index contributed by atoms with van der Waals surface area (Å²) < 4.78 is 127. The normalized spacial score (nSPS) is 17.7. The molecule has 0 radical (unpaired) electrons. The van der Waals surface area contributed by atoms with Crippen LogP contribution < -0.4 is 0 Å². The van der Waals surface area contributed by atoms with Crippen molar-refractivity contribution < 1.29 is 60.9 Å². The van der Waals surface area contributed by atoms with Crippen molar-refractivity contribution in [2.45, 2.75) is 56.1 Å². The summed E-state index contributed by atoms with van der Waals surface area (Å²) in [5.41, 5.74) is -12.4. The van der Waals surface area contributed by atoms with Crippen LogP contribution in [0.5, 0.6) is 0 Å². The van der Waals surface area contributed by atoms with E-state index in [0.29, 0.717) is 0 Å². The van der Waals surface area contributed by atoms with Crippen molar-refractivity contribution in [1.82, 2.24) is 0 Å². The van der Waals surface area contributed by atoms with Crippen molar-refractivity contribution in [3.8, 4) is 0 Å². The fourth-order valence-electron chi connectivity index (χ4n) is 3.38. The summed E-state index contributed by atoms with van der Waals surface area (Å²) in [6.45, 7) is 7.36. The largest absolute Gasteiger partial charge is 0.505 e. The van der Waals surface area contributed by atoms with Crippen LogP contribution in [0.25, 0.3) is 4.13 Å². The highest BCUT2D eigenvalue weighted by atomic mass is 32.3.